The number of para-hydroxylation sites is 1. The summed E-state index contributed by atoms with van der Waals surface area (Å²) in [5.41, 5.74) is 0. The highest BCUT2D eigenvalue weighted by atomic mass is 127. The predicted molar refractivity (Wildman–Crippen MR) is 74.9 cm³/mol. The minimum atomic E-state index is 0.801. The number of ether oxygens (including phenoxy) is 1. The van der Waals surface area contributed by atoms with E-state index >= 15 is 0 Å². The molecule has 2 nitrogen and oxygen atoms in total. The fourth-order valence-corrected chi connectivity index (χ4v) is 2.61. The summed E-state index contributed by atoms with van der Waals surface area (Å²) in [6.45, 7) is 3.19. The van der Waals surface area contributed by atoms with Gasteiger partial charge in [0.2, 0.25) is 0 Å². The molecule has 1 aromatic rings. The van der Waals surface area contributed by atoms with Gasteiger partial charge in [-0.1, -0.05) is 12.1 Å². The van der Waals surface area contributed by atoms with Gasteiger partial charge in [0.15, 0.2) is 0 Å². The van der Waals surface area contributed by atoms with Gasteiger partial charge in [-0.05, 0) is 73.0 Å². The summed E-state index contributed by atoms with van der Waals surface area (Å²) in [6, 6.07) is 8.19. The van der Waals surface area contributed by atoms with Crippen molar-refractivity contribution in [3.8, 4) is 5.75 Å². The molecule has 2 rings (SSSR count). The van der Waals surface area contributed by atoms with Gasteiger partial charge in [-0.2, -0.15) is 0 Å². The largest absolute Gasteiger partial charge is 0.492 e. The highest BCUT2D eigenvalue weighted by Gasteiger charge is 2.12. The summed E-state index contributed by atoms with van der Waals surface area (Å²) in [4.78, 5) is 0. The lowest BCUT2D eigenvalue weighted by molar-refractivity contribution is 0.253. The molecule has 1 N–H and O–H groups in total. The van der Waals surface area contributed by atoms with E-state index in [2.05, 4.69) is 34.0 Å². The van der Waals surface area contributed by atoms with Crippen LogP contribution in [-0.2, 0) is 0 Å². The van der Waals surface area contributed by atoms with Crippen molar-refractivity contribution in [2.75, 3.05) is 19.7 Å². The van der Waals surface area contributed by atoms with Gasteiger partial charge in [-0.3, -0.25) is 0 Å². The summed E-state index contributed by atoms with van der Waals surface area (Å²) in [6.07, 6.45) is 3.83. The van der Waals surface area contributed by atoms with Crippen molar-refractivity contribution in [2.45, 2.75) is 19.3 Å². The zero-order chi connectivity index (χ0) is 11.2. The SMILES string of the molecule is Ic1ccccc1OCC[C@H]1CCCNC1. The molecule has 1 aliphatic rings. The van der Waals surface area contributed by atoms with Crippen LogP contribution in [0, 0.1) is 9.49 Å². The second kappa shape index (κ2) is 6.45. The Labute approximate surface area is 111 Å². The maximum Gasteiger partial charge on any atom is 0.132 e. The molecule has 16 heavy (non-hydrogen) atoms. The molecule has 1 aliphatic heterocycles. The Morgan fingerprint density at radius 1 is 1.38 bits per heavy atom. The van der Waals surface area contributed by atoms with Gasteiger partial charge in [0.25, 0.3) is 0 Å². The lowest BCUT2D eigenvalue weighted by atomic mass is 9.97. The molecule has 0 unspecified atom stereocenters. The molecular formula is C13H18INO. The molecule has 1 heterocycles. The van der Waals surface area contributed by atoms with Crippen molar-refractivity contribution in [3.63, 3.8) is 0 Å². The van der Waals surface area contributed by atoms with E-state index in [0.29, 0.717) is 0 Å². The van der Waals surface area contributed by atoms with Gasteiger partial charge in [-0.25, -0.2) is 0 Å². The third-order valence-corrected chi connectivity index (χ3v) is 3.91. The molecule has 0 aliphatic carbocycles. The van der Waals surface area contributed by atoms with Crippen molar-refractivity contribution in [1.29, 1.82) is 0 Å². The average Bonchev–Trinajstić information content (AvgIpc) is 2.33. The van der Waals surface area contributed by atoms with Crippen LogP contribution in [0.5, 0.6) is 5.75 Å². The normalized spacial score (nSPS) is 20.7. The van der Waals surface area contributed by atoms with Crippen molar-refractivity contribution in [1.82, 2.24) is 5.32 Å². The van der Waals surface area contributed by atoms with E-state index in [1.165, 1.54) is 23.0 Å². The van der Waals surface area contributed by atoms with E-state index in [9.17, 15) is 0 Å². The van der Waals surface area contributed by atoms with E-state index in [4.69, 9.17) is 4.74 Å². The van der Waals surface area contributed by atoms with Crippen molar-refractivity contribution in [2.24, 2.45) is 5.92 Å². The molecule has 1 saturated heterocycles. The Hall–Kier alpha value is -0.290. The summed E-state index contributed by atoms with van der Waals surface area (Å²) < 4.78 is 7.00. The number of halogens is 1. The summed E-state index contributed by atoms with van der Waals surface area (Å²) in [7, 11) is 0. The highest BCUT2D eigenvalue weighted by molar-refractivity contribution is 14.1. The molecule has 1 aromatic carbocycles. The first-order valence-electron chi connectivity index (χ1n) is 5.94. The first kappa shape index (κ1) is 12.2. The van der Waals surface area contributed by atoms with Crippen LogP contribution >= 0.6 is 22.6 Å². The van der Waals surface area contributed by atoms with E-state index < -0.39 is 0 Å². The van der Waals surface area contributed by atoms with Gasteiger partial charge in [0.1, 0.15) is 5.75 Å². The molecule has 0 spiro atoms. The van der Waals surface area contributed by atoms with Crippen LogP contribution in [0.25, 0.3) is 0 Å². The van der Waals surface area contributed by atoms with E-state index in [0.717, 1.165) is 31.2 Å². The lowest BCUT2D eigenvalue weighted by Crippen LogP contribution is -2.30. The van der Waals surface area contributed by atoms with E-state index in [1.54, 1.807) is 0 Å². The molecule has 1 fully saturated rings. The summed E-state index contributed by atoms with van der Waals surface area (Å²) >= 11 is 2.32. The zero-order valence-corrected chi connectivity index (χ0v) is 11.6. The zero-order valence-electron chi connectivity index (χ0n) is 9.42. The van der Waals surface area contributed by atoms with Gasteiger partial charge in [0.05, 0.1) is 10.2 Å². The number of piperidine rings is 1. The average molecular weight is 331 g/mol. The monoisotopic (exact) mass is 331 g/mol. The summed E-state index contributed by atoms with van der Waals surface area (Å²) in [5.74, 6) is 1.82. The Morgan fingerprint density at radius 2 is 2.25 bits per heavy atom. The highest BCUT2D eigenvalue weighted by Crippen LogP contribution is 2.21. The minimum Gasteiger partial charge on any atom is -0.492 e. The number of hydrogen-bond donors (Lipinski definition) is 1. The topological polar surface area (TPSA) is 21.3 Å². The Balaban J connectivity index is 1.73. The van der Waals surface area contributed by atoms with Crippen LogP contribution < -0.4 is 10.1 Å². The van der Waals surface area contributed by atoms with Gasteiger partial charge in [-0.15, -0.1) is 0 Å². The lowest BCUT2D eigenvalue weighted by Gasteiger charge is -2.22. The van der Waals surface area contributed by atoms with Crippen LogP contribution in [0.3, 0.4) is 0 Å². The molecule has 0 aromatic heterocycles. The van der Waals surface area contributed by atoms with Gasteiger partial charge >= 0.3 is 0 Å². The van der Waals surface area contributed by atoms with Crippen LogP contribution in [0.4, 0.5) is 0 Å². The molecule has 0 amide bonds. The maximum atomic E-state index is 5.80. The van der Waals surface area contributed by atoms with E-state index in [1.807, 2.05) is 18.2 Å². The van der Waals surface area contributed by atoms with Crippen molar-refractivity contribution < 1.29 is 4.74 Å². The van der Waals surface area contributed by atoms with Crippen molar-refractivity contribution >= 4 is 22.6 Å². The van der Waals surface area contributed by atoms with Crippen LogP contribution in [0.2, 0.25) is 0 Å². The number of nitrogens with one attached hydrogen (secondary N) is 1. The maximum absolute atomic E-state index is 5.80. The molecule has 0 saturated carbocycles. The Bertz CT molecular complexity index is 323. The quantitative estimate of drug-likeness (QED) is 0.857. The van der Waals surface area contributed by atoms with Crippen LogP contribution in [0.15, 0.2) is 24.3 Å². The molecular weight excluding hydrogens is 313 g/mol. The fourth-order valence-electron chi connectivity index (χ4n) is 2.07. The van der Waals surface area contributed by atoms with Gasteiger partial charge < -0.3 is 10.1 Å². The first-order chi connectivity index (χ1) is 7.86. The first-order valence-corrected chi connectivity index (χ1v) is 7.02. The molecule has 1 atom stereocenters. The Kier molecular flexibility index (Phi) is 4.91. The number of rotatable bonds is 4. The third-order valence-electron chi connectivity index (χ3n) is 3.02. The third kappa shape index (κ3) is 3.63. The Morgan fingerprint density at radius 3 is 3.00 bits per heavy atom. The fraction of sp³-hybridized carbons (Fsp3) is 0.538. The van der Waals surface area contributed by atoms with E-state index in [-0.39, 0.29) is 0 Å². The standard InChI is InChI=1S/C13H18INO/c14-12-5-1-2-6-13(12)16-9-7-11-4-3-8-15-10-11/h1-2,5-6,11,15H,3-4,7-10H2/t11-/m1/s1. The summed E-state index contributed by atoms with van der Waals surface area (Å²) in [5, 5.41) is 3.44. The van der Waals surface area contributed by atoms with Gasteiger partial charge in [0, 0.05) is 0 Å². The van der Waals surface area contributed by atoms with Crippen LogP contribution in [0.1, 0.15) is 19.3 Å². The minimum absolute atomic E-state index is 0.801. The molecule has 88 valence electrons. The molecule has 0 radical (unpaired) electrons. The molecule has 3 heteroatoms. The van der Waals surface area contributed by atoms with Crippen LogP contribution in [-0.4, -0.2) is 19.7 Å². The predicted octanol–water partition coefficient (Wildman–Crippen LogP) is 3.06. The smallest absolute Gasteiger partial charge is 0.132 e. The second-order valence-corrected chi connectivity index (χ2v) is 5.44. The second-order valence-electron chi connectivity index (χ2n) is 4.28. The van der Waals surface area contributed by atoms with Crippen molar-refractivity contribution in [3.05, 3.63) is 27.8 Å². The molecule has 0 bridgehead atoms. The number of hydrogen-bond acceptors (Lipinski definition) is 2. The number of benzene rings is 1.